The number of carboxylic acid groups (broad SMARTS) is 1. The molecule has 2 saturated carbocycles. The van der Waals surface area contributed by atoms with Crippen molar-refractivity contribution in [2.24, 2.45) is 22.7 Å². The summed E-state index contributed by atoms with van der Waals surface area (Å²) in [4.78, 5) is 23.7. The highest BCUT2D eigenvalue weighted by atomic mass is 16.5. The molecule has 0 radical (unpaired) electrons. The minimum absolute atomic E-state index is 0.0216. The molecule has 0 bridgehead atoms. The molecule has 0 aromatic rings. The molecule has 0 aromatic heterocycles. The van der Waals surface area contributed by atoms with Gasteiger partial charge in [-0.05, 0) is 50.0 Å². The van der Waals surface area contributed by atoms with Crippen LogP contribution in [-0.2, 0) is 14.3 Å². The van der Waals surface area contributed by atoms with Gasteiger partial charge in [0.2, 0.25) is 0 Å². The van der Waals surface area contributed by atoms with E-state index in [2.05, 4.69) is 13.5 Å². The summed E-state index contributed by atoms with van der Waals surface area (Å²) in [5.74, 6) is -1.43. The smallest absolute Gasteiger partial charge is 0.338 e. The van der Waals surface area contributed by atoms with E-state index in [1.807, 2.05) is 6.08 Å². The van der Waals surface area contributed by atoms with Gasteiger partial charge in [0.1, 0.15) is 6.61 Å². The highest BCUT2D eigenvalue weighted by Gasteiger charge is 2.60. The van der Waals surface area contributed by atoms with Gasteiger partial charge in [0.25, 0.3) is 0 Å². The maximum absolute atomic E-state index is 12.0. The molecular weight excluding hydrogens is 320 g/mol. The Balaban J connectivity index is 1.96. The van der Waals surface area contributed by atoms with Gasteiger partial charge in [-0.2, -0.15) is 0 Å². The first-order chi connectivity index (χ1) is 11.7. The van der Waals surface area contributed by atoms with E-state index in [0.29, 0.717) is 25.0 Å². The Morgan fingerprint density at radius 3 is 2.72 bits per heavy atom. The Labute approximate surface area is 148 Å². The van der Waals surface area contributed by atoms with Gasteiger partial charge in [0.05, 0.1) is 17.1 Å². The molecule has 1 aliphatic heterocycles. The van der Waals surface area contributed by atoms with E-state index in [4.69, 9.17) is 4.74 Å². The maximum atomic E-state index is 12.0. The van der Waals surface area contributed by atoms with Gasteiger partial charge < -0.3 is 14.9 Å². The molecule has 2 fully saturated rings. The number of rotatable bonds is 3. The van der Waals surface area contributed by atoms with Crippen molar-refractivity contribution in [2.75, 3.05) is 6.61 Å². The van der Waals surface area contributed by atoms with Gasteiger partial charge in [0, 0.05) is 5.92 Å². The van der Waals surface area contributed by atoms with Gasteiger partial charge in [-0.1, -0.05) is 31.2 Å². The minimum atomic E-state index is -1.16. The average Bonchev–Trinajstić information content (AvgIpc) is 2.96. The summed E-state index contributed by atoms with van der Waals surface area (Å²) >= 11 is 0. The molecule has 136 valence electrons. The number of allylic oxidation sites excluding steroid dienone is 2. The third-order valence-electron chi connectivity index (χ3n) is 6.76. The van der Waals surface area contributed by atoms with E-state index in [-0.39, 0.29) is 23.2 Å². The van der Waals surface area contributed by atoms with Crippen LogP contribution >= 0.6 is 0 Å². The first-order valence-corrected chi connectivity index (χ1v) is 8.86. The van der Waals surface area contributed by atoms with Crippen molar-refractivity contribution in [1.29, 1.82) is 0 Å². The van der Waals surface area contributed by atoms with Gasteiger partial charge >= 0.3 is 11.9 Å². The second-order valence-corrected chi connectivity index (χ2v) is 7.99. The normalized spacial score (nSPS) is 41.4. The van der Waals surface area contributed by atoms with Crippen LogP contribution in [0.1, 0.15) is 39.5 Å². The molecule has 1 heterocycles. The van der Waals surface area contributed by atoms with Crippen molar-refractivity contribution in [3.63, 3.8) is 0 Å². The molecule has 2 N–H and O–H groups in total. The van der Waals surface area contributed by atoms with Crippen LogP contribution < -0.4 is 0 Å². The molecule has 3 aliphatic rings. The van der Waals surface area contributed by atoms with E-state index >= 15 is 0 Å². The van der Waals surface area contributed by atoms with E-state index < -0.39 is 17.5 Å². The number of hydrogen-bond acceptors (Lipinski definition) is 4. The second kappa shape index (κ2) is 6.13. The van der Waals surface area contributed by atoms with Gasteiger partial charge in [-0.3, -0.25) is 4.79 Å². The lowest BCUT2D eigenvalue weighted by atomic mass is 9.46. The second-order valence-electron chi connectivity index (χ2n) is 7.99. The summed E-state index contributed by atoms with van der Waals surface area (Å²) < 4.78 is 4.93. The molecule has 5 atom stereocenters. The van der Waals surface area contributed by atoms with E-state index in [1.165, 1.54) is 0 Å². The SMILES string of the molecule is C=C1CC[C@@H]2[C@@](C)(CC[C@@H](O)[C@@]2(C)C(=O)O)[C@@H]1/C=C/C1=CCOC1=O. The van der Waals surface area contributed by atoms with Gasteiger partial charge in [-0.15, -0.1) is 0 Å². The molecule has 25 heavy (non-hydrogen) atoms. The van der Waals surface area contributed by atoms with Crippen LogP contribution in [0.3, 0.4) is 0 Å². The predicted molar refractivity (Wildman–Crippen MR) is 92.6 cm³/mol. The Bertz CT molecular complexity index is 676. The van der Waals surface area contributed by atoms with Crippen molar-refractivity contribution in [2.45, 2.75) is 45.6 Å². The number of esters is 1. The van der Waals surface area contributed by atoms with E-state index in [1.54, 1.807) is 19.1 Å². The lowest BCUT2D eigenvalue weighted by Crippen LogP contribution is -2.58. The fourth-order valence-electron chi connectivity index (χ4n) is 5.15. The van der Waals surface area contributed by atoms with Crippen LogP contribution in [0.25, 0.3) is 0 Å². The Morgan fingerprint density at radius 2 is 2.12 bits per heavy atom. The summed E-state index contributed by atoms with van der Waals surface area (Å²) in [5.41, 5.74) is 0.133. The molecule has 0 aromatic carbocycles. The highest BCUT2D eigenvalue weighted by Crippen LogP contribution is 2.61. The van der Waals surface area contributed by atoms with Crippen molar-refractivity contribution in [1.82, 2.24) is 0 Å². The van der Waals surface area contributed by atoms with Crippen LogP contribution in [0.5, 0.6) is 0 Å². The summed E-state index contributed by atoms with van der Waals surface area (Å²) in [6, 6.07) is 0. The zero-order valence-corrected chi connectivity index (χ0v) is 14.8. The zero-order chi connectivity index (χ0) is 18.4. The number of carboxylic acids is 1. The number of aliphatic hydroxyl groups excluding tert-OH is 1. The number of aliphatic carboxylic acids is 1. The summed E-state index contributed by atoms with van der Waals surface area (Å²) in [6.45, 7) is 8.29. The zero-order valence-electron chi connectivity index (χ0n) is 14.8. The first kappa shape index (κ1) is 17.9. The number of hydrogen-bond donors (Lipinski definition) is 2. The van der Waals surface area contributed by atoms with Crippen LogP contribution in [0.2, 0.25) is 0 Å². The Kier molecular flexibility index (Phi) is 4.40. The summed E-state index contributed by atoms with van der Waals surface area (Å²) in [5, 5.41) is 20.3. The lowest BCUT2D eigenvalue weighted by Gasteiger charge is -2.58. The predicted octanol–water partition coefficient (Wildman–Crippen LogP) is 2.86. The van der Waals surface area contributed by atoms with E-state index in [0.717, 1.165) is 18.4 Å². The van der Waals surface area contributed by atoms with Crippen molar-refractivity contribution < 1.29 is 24.5 Å². The fraction of sp³-hybridized carbons (Fsp3) is 0.600. The largest absolute Gasteiger partial charge is 0.481 e. The summed E-state index contributed by atoms with van der Waals surface area (Å²) in [7, 11) is 0. The monoisotopic (exact) mass is 346 g/mol. The topological polar surface area (TPSA) is 83.8 Å². The fourth-order valence-corrected chi connectivity index (χ4v) is 5.15. The molecular formula is C20H26O5. The van der Waals surface area contributed by atoms with Crippen molar-refractivity contribution in [3.8, 4) is 0 Å². The van der Waals surface area contributed by atoms with Crippen LogP contribution in [0.15, 0.2) is 36.0 Å². The van der Waals surface area contributed by atoms with Crippen molar-refractivity contribution >= 4 is 11.9 Å². The average molecular weight is 346 g/mol. The number of fused-ring (bicyclic) bond motifs is 1. The third kappa shape index (κ3) is 2.65. The quantitative estimate of drug-likeness (QED) is 0.606. The van der Waals surface area contributed by atoms with Crippen LogP contribution in [0.4, 0.5) is 0 Å². The molecule has 2 aliphatic carbocycles. The van der Waals surface area contributed by atoms with Crippen LogP contribution in [0, 0.1) is 22.7 Å². The minimum Gasteiger partial charge on any atom is -0.481 e. The molecule has 5 nitrogen and oxygen atoms in total. The van der Waals surface area contributed by atoms with Gasteiger partial charge in [0.15, 0.2) is 0 Å². The maximum Gasteiger partial charge on any atom is 0.338 e. The van der Waals surface area contributed by atoms with Crippen LogP contribution in [-0.4, -0.2) is 34.9 Å². The van der Waals surface area contributed by atoms with Crippen molar-refractivity contribution in [3.05, 3.63) is 36.0 Å². The number of cyclic esters (lactones) is 1. The first-order valence-electron chi connectivity index (χ1n) is 8.86. The molecule has 0 unspecified atom stereocenters. The molecule has 5 heteroatoms. The number of carbonyl (C=O) groups excluding carboxylic acids is 1. The lowest BCUT2D eigenvalue weighted by molar-refractivity contribution is -0.181. The third-order valence-corrected chi connectivity index (χ3v) is 6.76. The Hall–Kier alpha value is -1.88. The highest BCUT2D eigenvalue weighted by molar-refractivity contribution is 5.93. The van der Waals surface area contributed by atoms with E-state index in [9.17, 15) is 19.8 Å². The Morgan fingerprint density at radius 1 is 1.40 bits per heavy atom. The standard InChI is InChI=1S/C20H26O5/c1-12-4-7-15-19(2,10-8-16(21)20(15,3)18(23)24)14(12)6-5-13-9-11-25-17(13)22/h5-6,9,14-16,21H,1,4,7-8,10-11H2,2-3H3,(H,23,24)/b6-5+/t14-,15-,16-,19+,20+/m1/s1. The molecule has 0 spiro atoms. The number of ether oxygens (including phenoxy) is 1. The summed E-state index contributed by atoms with van der Waals surface area (Å²) in [6.07, 6.45) is 7.30. The number of carbonyl (C=O) groups is 2. The molecule has 0 amide bonds. The number of aliphatic hydroxyl groups is 1. The molecule has 0 saturated heterocycles. The van der Waals surface area contributed by atoms with Gasteiger partial charge in [-0.25, -0.2) is 4.79 Å². The molecule has 3 rings (SSSR count).